The minimum Gasteiger partial charge on any atom is -0.332 e. The first-order chi connectivity index (χ1) is 11.5. The number of hydrogen-bond donors (Lipinski definition) is 4. The van der Waals surface area contributed by atoms with Gasteiger partial charge in [-0.2, -0.15) is 16.7 Å². The van der Waals surface area contributed by atoms with Gasteiger partial charge in [0.1, 0.15) is 5.82 Å². The molecule has 0 bridgehead atoms. The number of urea groups is 1. The van der Waals surface area contributed by atoms with E-state index in [1.165, 1.54) is 0 Å². The number of carbonyl (C=O) groups excluding carboxylic acids is 2. The van der Waals surface area contributed by atoms with Gasteiger partial charge >= 0.3 is 6.03 Å². The van der Waals surface area contributed by atoms with Crippen LogP contribution in [-0.4, -0.2) is 50.2 Å². The Morgan fingerprint density at radius 1 is 1.38 bits per heavy atom. The predicted molar refractivity (Wildman–Crippen MR) is 93.1 cm³/mol. The first kappa shape index (κ1) is 17.1. The Morgan fingerprint density at radius 2 is 2.21 bits per heavy atom. The van der Waals surface area contributed by atoms with Crippen LogP contribution >= 0.6 is 11.8 Å². The fourth-order valence-corrected chi connectivity index (χ4v) is 4.59. The third-order valence-corrected chi connectivity index (χ3v) is 5.89. The molecule has 4 N–H and O–H groups in total. The van der Waals surface area contributed by atoms with E-state index in [0.29, 0.717) is 17.6 Å². The maximum Gasteiger partial charge on any atom is 0.315 e. The van der Waals surface area contributed by atoms with Crippen LogP contribution in [0.3, 0.4) is 0 Å². The first-order valence-corrected chi connectivity index (χ1v) is 9.48. The van der Waals surface area contributed by atoms with E-state index >= 15 is 0 Å². The lowest BCUT2D eigenvalue weighted by molar-refractivity contribution is -0.116. The van der Waals surface area contributed by atoms with E-state index < -0.39 is 0 Å². The number of nitrogens with zero attached hydrogens (tertiary/aromatic N) is 2. The summed E-state index contributed by atoms with van der Waals surface area (Å²) in [5, 5.41) is 15.9. The second-order valence-corrected chi connectivity index (χ2v) is 7.89. The van der Waals surface area contributed by atoms with Gasteiger partial charge < -0.3 is 10.6 Å². The van der Waals surface area contributed by atoms with Crippen molar-refractivity contribution in [3.8, 4) is 0 Å². The van der Waals surface area contributed by atoms with Crippen molar-refractivity contribution < 1.29 is 9.59 Å². The number of aromatic nitrogens is 3. The number of fused-ring (bicyclic) bond motifs is 1. The van der Waals surface area contributed by atoms with E-state index in [2.05, 4.69) is 31.1 Å². The molecule has 3 rings (SSSR count). The number of amides is 3. The Kier molecular flexibility index (Phi) is 5.27. The second-order valence-electron chi connectivity index (χ2n) is 6.61. The molecular formula is C15H24N6O2S. The van der Waals surface area contributed by atoms with E-state index in [4.69, 9.17) is 0 Å². The van der Waals surface area contributed by atoms with Gasteiger partial charge in [-0.3, -0.25) is 15.2 Å². The van der Waals surface area contributed by atoms with Crippen LogP contribution in [0.1, 0.15) is 51.3 Å². The lowest BCUT2D eigenvalue weighted by atomic mass is 10.0. The molecule has 0 radical (unpaired) electrons. The number of nitrogens with one attached hydrogen (secondary N) is 4. The molecule has 0 aliphatic carbocycles. The maximum absolute atomic E-state index is 11.9. The van der Waals surface area contributed by atoms with Crippen molar-refractivity contribution >= 4 is 29.6 Å². The average molecular weight is 352 g/mol. The van der Waals surface area contributed by atoms with Crippen LogP contribution in [0.5, 0.6) is 0 Å². The number of thioether (sulfide) groups is 1. The number of rotatable bonds is 7. The number of unbranched alkanes of at least 4 members (excludes halogenated alkanes) is 1. The topological polar surface area (TPSA) is 112 Å². The number of aromatic amines is 1. The van der Waals surface area contributed by atoms with E-state index in [-0.39, 0.29) is 29.9 Å². The summed E-state index contributed by atoms with van der Waals surface area (Å²) in [5.41, 5.74) is 0. The third-order valence-electron chi connectivity index (χ3n) is 4.38. The monoisotopic (exact) mass is 352 g/mol. The van der Waals surface area contributed by atoms with Gasteiger partial charge in [0.15, 0.2) is 0 Å². The number of hydrogen-bond acceptors (Lipinski definition) is 5. The minimum atomic E-state index is -0.0582. The highest BCUT2D eigenvalue weighted by molar-refractivity contribution is 8.00. The molecule has 3 amide bonds. The van der Waals surface area contributed by atoms with Gasteiger partial charge in [0, 0.05) is 23.3 Å². The van der Waals surface area contributed by atoms with Crippen LogP contribution in [0.4, 0.5) is 10.7 Å². The van der Waals surface area contributed by atoms with E-state index in [1.807, 2.05) is 25.6 Å². The molecule has 0 aromatic carbocycles. The summed E-state index contributed by atoms with van der Waals surface area (Å²) >= 11 is 1.90. The van der Waals surface area contributed by atoms with Gasteiger partial charge in [0.2, 0.25) is 11.9 Å². The highest BCUT2D eigenvalue weighted by Crippen LogP contribution is 2.33. The molecule has 2 saturated heterocycles. The Balaban J connectivity index is 1.34. The third kappa shape index (κ3) is 4.00. The molecule has 1 aromatic rings. The molecule has 0 unspecified atom stereocenters. The van der Waals surface area contributed by atoms with Gasteiger partial charge in [0.25, 0.3) is 0 Å². The number of H-pyrrole nitrogens is 1. The Morgan fingerprint density at radius 3 is 2.96 bits per heavy atom. The van der Waals surface area contributed by atoms with Gasteiger partial charge in [-0.05, 0) is 12.8 Å². The van der Waals surface area contributed by atoms with Crippen molar-refractivity contribution in [3.63, 3.8) is 0 Å². The SMILES string of the molecule is CC(C)c1nc(NC(=O)CCCC[C@@H]2SC[C@@H]3NC(=O)N[C@@H]32)n[nH]1. The molecule has 9 heteroatoms. The molecule has 3 heterocycles. The van der Waals surface area contributed by atoms with Crippen LogP contribution in [0, 0.1) is 0 Å². The Labute approximate surface area is 145 Å². The van der Waals surface area contributed by atoms with Crippen molar-refractivity contribution in [3.05, 3.63) is 5.82 Å². The largest absolute Gasteiger partial charge is 0.332 e. The highest BCUT2D eigenvalue weighted by Gasteiger charge is 2.42. The fraction of sp³-hybridized carbons (Fsp3) is 0.733. The summed E-state index contributed by atoms with van der Waals surface area (Å²) in [6.45, 7) is 4.03. The highest BCUT2D eigenvalue weighted by atomic mass is 32.2. The van der Waals surface area contributed by atoms with E-state index in [9.17, 15) is 9.59 Å². The molecule has 3 atom stereocenters. The molecule has 8 nitrogen and oxygen atoms in total. The summed E-state index contributed by atoms with van der Waals surface area (Å²) in [7, 11) is 0. The van der Waals surface area contributed by atoms with Crippen LogP contribution in [0.2, 0.25) is 0 Å². The maximum atomic E-state index is 11.9. The zero-order valence-corrected chi connectivity index (χ0v) is 14.8. The van der Waals surface area contributed by atoms with E-state index in [0.717, 1.165) is 30.8 Å². The van der Waals surface area contributed by atoms with Crippen molar-refractivity contribution in [2.45, 2.75) is 62.8 Å². The fourth-order valence-electron chi connectivity index (χ4n) is 3.05. The lowest BCUT2D eigenvalue weighted by Crippen LogP contribution is -2.36. The van der Waals surface area contributed by atoms with Gasteiger partial charge in [-0.25, -0.2) is 4.79 Å². The summed E-state index contributed by atoms with van der Waals surface area (Å²) < 4.78 is 0. The summed E-state index contributed by atoms with van der Waals surface area (Å²) in [6, 6.07) is 0.442. The number of anilines is 1. The molecular weight excluding hydrogens is 328 g/mol. The quantitative estimate of drug-likeness (QED) is 0.440. The predicted octanol–water partition coefficient (Wildman–Crippen LogP) is 1.59. The molecule has 0 spiro atoms. The summed E-state index contributed by atoms with van der Waals surface area (Å²) in [5.74, 6) is 2.28. The van der Waals surface area contributed by atoms with Crippen LogP contribution in [-0.2, 0) is 4.79 Å². The van der Waals surface area contributed by atoms with Crippen molar-refractivity contribution in [2.75, 3.05) is 11.1 Å². The van der Waals surface area contributed by atoms with Crippen LogP contribution in [0.15, 0.2) is 0 Å². The van der Waals surface area contributed by atoms with Crippen molar-refractivity contribution in [1.82, 2.24) is 25.8 Å². The number of carbonyl (C=O) groups is 2. The normalized spacial score (nSPS) is 25.5. The van der Waals surface area contributed by atoms with Gasteiger partial charge in [-0.15, -0.1) is 5.10 Å². The standard InChI is InChI=1S/C15H24N6O2S/c1-8(2)13-19-14(21-20-13)17-11(22)6-4-3-5-10-12-9(7-24-10)16-15(23)18-12/h8-10,12H,3-7H2,1-2H3,(H2,16,18,23)(H2,17,19,20,21,22)/t9-,10-,12-/m0/s1. The Bertz CT molecular complexity index is 605. The zero-order chi connectivity index (χ0) is 17.1. The molecule has 24 heavy (non-hydrogen) atoms. The Hall–Kier alpha value is -1.77. The zero-order valence-electron chi connectivity index (χ0n) is 14.0. The average Bonchev–Trinajstić information content (AvgIpc) is 3.20. The first-order valence-electron chi connectivity index (χ1n) is 8.43. The lowest BCUT2D eigenvalue weighted by Gasteiger charge is -2.16. The molecule has 2 aliphatic heterocycles. The van der Waals surface area contributed by atoms with Gasteiger partial charge in [0.05, 0.1) is 12.1 Å². The van der Waals surface area contributed by atoms with E-state index in [1.54, 1.807) is 0 Å². The van der Waals surface area contributed by atoms with Crippen LogP contribution in [0.25, 0.3) is 0 Å². The smallest absolute Gasteiger partial charge is 0.315 e. The minimum absolute atomic E-state index is 0.0538. The van der Waals surface area contributed by atoms with Gasteiger partial charge in [-0.1, -0.05) is 20.3 Å². The second kappa shape index (κ2) is 7.42. The van der Waals surface area contributed by atoms with Crippen LogP contribution < -0.4 is 16.0 Å². The molecule has 2 fully saturated rings. The van der Waals surface area contributed by atoms with Crippen molar-refractivity contribution in [2.24, 2.45) is 0 Å². The molecule has 1 aromatic heterocycles. The molecule has 2 aliphatic rings. The molecule has 132 valence electrons. The van der Waals surface area contributed by atoms with Crippen molar-refractivity contribution in [1.29, 1.82) is 0 Å². The molecule has 0 saturated carbocycles. The summed E-state index contributed by atoms with van der Waals surface area (Å²) in [4.78, 5) is 27.5. The summed E-state index contributed by atoms with van der Waals surface area (Å²) in [6.07, 6.45) is 3.26.